The molecule has 0 aromatic heterocycles. The second kappa shape index (κ2) is 6.19. The van der Waals surface area contributed by atoms with Crippen LogP contribution in [0, 0.1) is 5.92 Å². The first kappa shape index (κ1) is 9.14. The zero-order valence-corrected chi connectivity index (χ0v) is 10.5. The topological polar surface area (TPSA) is 63.6 Å². The number of carboxylic acid groups (broad SMARTS) is 1. The number of carboxylic acids is 1. The fourth-order valence-corrected chi connectivity index (χ4v) is 1.58. The number of carbonyl (C=O) groups excluding carboxylic acids is 1. The molecule has 0 radical (unpaired) electrons. The van der Waals surface area contributed by atoms with Crippen LogP contribution >= 0.6 is 0 Å². The van der Waals surface area contributed by atoms with Crippen molar-refractivity contribution in [2.24, 2.45) is 5.92 Å². The van der Waals surface area contributed by atoms with Gasteiger partial charge in [-0.15, -0.1) is 0 Å². The minimum Gasteiger partial charge on any atom is -0.478 e. The van der Waals surface area contributed by atoms with E-state index in [9.17, 15) is 9.59 Å². The quantitative estimate of drug-likeness (QED) is 0.820. The number of hydrogen-bond donors (Lipinski definition) is 1. The van der Waals surface area contributed by atoms with E-state index in [1.807, 2.05) is 13.8 Å². The van der Waals surface area contributed by atoms with E-state index in [0.29, 0.717) is 6.42 Å². The average Bonchev–Trinajstić information content (AvgIpc) is 2.38. The summed E-state index contributed by atoms with van der Waals surface area (Å²) in [6, 6.07) is -2.84. The van der Waals surface area contributed by atoms with Crippen LogP contribution in [0.2, 0.25) is 0 Å². The Balaban J connectivity index is 3.34. The average molecular weight is 254 g/mol. The molecule has 1 unspecified atom stereocenters. The largest absolute Gasteiger partial charge is 0.478 e. The van der Waals surface area contributed by atoms with E-state index in [4.69, 9.17) is 15.3 Å². The third-order valence-corrected chi connectivity index (χ3v) is 2.22. The van der Waals surface area contributed by atoms with Crippen LogP contribution in [-0.4, -0.2) is 23.1 Å². The maximum atomic E-state index is 12.2. The van der Waals surface area contributed by atoms with Gasteiger partial charge in [-0.25, -0.2) is 9.59 Å². The number of hydrogen-bond acceptors (Lipinski definition) is 3. The highest BCUT2D eigenvalue weighted by Crippen LogP contribution is 2.14. The van der Waals surface area contributed by atoms with Gasteiger partial charge in [0.1, 0.15) is 0 Å². The van der Waals surface area contributed by atoms with E-state index in [2.05, 4.69) is 0 Å². The van der Waals surface area contributed by atoms with Crippen LogP contribution in [0.4, 0.5) is 0 Å². The molecule has 0 amide bonds. The van der Waals surface area contributed by atoms with Gasteiger partial charge in [-0.2, -0.15) is 0 Å². The second-order valence-electron chi connectivity index (χ2n) is 4.40. The van der Waals surface area contributed by atoms with Crippen molar-refractivity contribution in [3.05, 3.63) is 35.3 Å². The fraction of sp³-hybridized carbons (Fsp3) is 0.429. The Morgan fingerprint density at radius 1 is 1.28 bits per heavy atom. The number of benzene rings is 1. The molecule has 98 valence electrons. The third kappa shape index (κ3) is 3.87. The van der Waals surface area contributed by atoms with Crippen LogP contribution in [0.15, 0.2) is 24.2 Å². The van der Waals surface area contributed by atoms with Crippen molar-refractivity contribution in [3.63, 3.8) is 0 Å². The maximum Gasteiger partial charge on any atom is 0.339 e. The van der Waals surface area contributed by atoms with Gasteiger partial charge in [0.25, 0.3) is 0 Å². The van der Waals surface area contributed by atoms with Crippen LogP contribution in [-0.2, 0) is 4.74 Å². The molecule has 0 spiro atoms. The zero-order chi connectivity index (χ0) is 17.2. The van der Waals surface area contributed by atoms with Crippen molar-refractivity contribution in [1.29, 1.82) is 0 Å². The van der Waals surface area contributed by atoms with Gasteiger partial charge in [-0.3, -0.25) is 0 Å². The lowest BCUT2D eigenvalue weighted by molar-refractivity contribution is 0.0294. The zero-order valence-electron chi connectivity index (χ0n) is 14.5. The summed E-state index contributed by atoms with van der Waals surface area (Å²) >= 11 is 0. The van der Waals surface area contributed by atoms with Crippen LogP contribution in [0.25, 0.3) is 0 Å². The summed E-state index contributed by atoms with van der Waals surface area (Å²) in [7, 11) is 0. The monoisotopic (exact) mass is 254 g/mol. The summed E-state index contributed by atoms with van der Waals surface area (Å²) < 4.78 is 35.5. The molecule has 4 heteroatoms. The molecular weight excluding hydrogens is 232 g/mol. The number of esters is 1. The predicted molar refractivity (Wildman–Crippen MR) is 67.7 cm³/mol. The van der Waals surface area contributed by atoms with Crippen LogP contribution in [0.5, 0.6) is 0 Å². The molecule has 0 heterocycles. The van der Waals surface area contributed by atoms with Gasteiger partial charge >= 0.3 is 11.9 Å². The van der Waals surface area contributed by atoms with E-state index >= 15 is 0 Å². The summed E-state index contributed by atoms with van der Waals surface area (Å²) in [5.74, 6) is -2.40. The maximum absolute atomic E-state index is 12.2. The van der Waals surface area contributed by atoms with Crippen molar-refractivity contribution in [2.75, 3.05) is 0 Å². The Bertz CT molecular complexity index is 614. The lowest BCUT2D eigenvalue weighted by atomic mass is 10.1. The van der Waals surface area contributed by atoms with Crippen LogP contribution < -0.4 is 0 Å². The minimum absolute atomic E-state index is 0.256. The lowest BCUT2D eigenvalue weighted by Crippen LogP contribution is -2.19. The highest BCUT2D eigenvalue weighted by molar-refractivity contribution is 6.02. The molecule has 0 aliphatic rings. The molecule has 0 saturated heterocycles. The summed E-state index contributed by atoms with van der Waals surface area (Å²) in [6.07, 6.45) is 0.0621. The minimum atomic E-state index is -1.60. The van der Waals surface area contributed by atoms with Gasteiger partial charge in [0.15, 0.2) is 0 Å². The molecule has 0 aliphatic carbocycles. The van der Waals surface area contributed by atoms with Gasteiger partial charge in [-0.1, -0.05) is 25.9 Å². The molecule has 0 fully saturated rings. The Labute approximate surface area is 112 Å². The summed E-state index contributed by atoms with van der Waals surface area (Å²) in [5, 5.41) is 9.16. The number of ether oxygens (including phenoxy) is 1. The smallest absolute Gasteiger partial charge is 0.339 e. The third-order valence-electron chi connectivity index (χ3n) is 2.22. The highest BCUT2D eigenvalue weighted by Gasteiger charge is 2.19. The molecule has 0 bridgehead atoms. The van der Waals surface area contributed by atoms with Gasteiger partial charge in [0.2, 0.25) is 0 Å². The molecule has 4 nitrogen and oxygen atoms in total. The van der Waals surface area contributed by atoms with Crippen molar-refractivity contribution in [3.8, 4) is 0 Å². The van der Waals surface area contributed by atoms with Gasteiger partial charge in [0, 0.05) is 0 Å². The van der Waals surface area contributed by atoms with E-state index in [-0.39, 0.29) is 5.92 Å². The normalized spacial score (nSPS) is 15.3. The number of aromatic carboxylic acids is 1. The van der Waals surface area contributed by atoms with E-state index in [1.165, 1.54) is 0 Å². The molecule has 0 aliphatic heterocycles. The molecule has 1 atom stereocenters. The standard InChI is InChI=1S/C14H18O4/c1-9(2)8-10(3)18-14(17)12-7-5-4-6-11(12)13(15)16/h4-7,9-10H,8H2,1-3H3,(H,15,16)/i4D,5D,6D,7D. The first-order chi connectivity index (χ1) is 10.1. The van der Waals surface area contributed by atoms with Gasteiger partial charge in [0.05, 0.1) is 22.7 Å². The molecule has 1 rings (SSSR count). The first-order valence-electron chi connectivity index (χ1n) is 7.62. The molecular formula is C14H18O4. The van der Waals surface area contributed by atoms with Crippen LogP contribution in [0.3, 0.4) is 0 Å². The lowest BCUT2D eigenvalue weighted by Gasteiger charge is -2.15. The van der Waals surface area contributed by atoms with Crippen LogP contribution in [0.1, 0.15) is 53.4 Å². The first-order valence-corrected chi connectivity index (χ1v) is 5.62. The Hall–Kier alpha value is -1.84. The summed E-state index contributed by atoms with van der Waals surface area (Å²) in [6.45, 7) is 5.51. The van der Waals surface area contributed by atoms with Gasteiger partial charge < -0.3 is 9.84 Å². The SMILES string of the molecule is [2H]c1c([2H])c([2H])c(C(=O)OC(C)CC(C)C)c(C(=O)O)c1[2H]. The van der Waals surface area contributed by atoms with E-state index < -0.39 is 53.3 Å². The molecule has 0 saturated carbocycles. The van der Waals surface area contributed by atoms with Gasteiger partial charge in [-0.05, 0) is 31.3 Å². The Morgan fingerprint density at radius 3 is 2.33 bits per heavy atom. The molecule has 1 N–H and O–H groups in total. The Morgan fingerprint density at radius 2 is 1.83 bits per heavy atom. The van der Waals surface area contributed by atoms with E-state index in [0.717, 1.165) is 0 Å². The predicted octanol–water partition coefficient (Wildman–Crippen LogP) is 2.98. The number of rotatable bonds is 5. The van der Waals surface area contributed by atoms with Crippen molar-refractivity contribution in [2.45, 2.75) is 33.3 Å². The number of carbonyl (C=O) groups is 2. The molecule has 1 aromatic carbocycles. The fourth-order valence-electron chi connectivity index (χ4n) is 1.58. The summed E-state index contributed by atoms with van der Waals surface area (Å²) in [4.78, 5) is 23.4. The van der Waals surface area contributed by atoms with Crippen molar-refractivity contribution in [1.82, 2.24) is 0 Å². The second-order valence-corrected chi connectivity index (χ2v) is 4.40. The molecule has 18 heavy (non-hydrogen) atoms. The van der Waals surface area contributed by atoms with Crippen molar-refractivity contribution < 1.29 is 24.9 Å². The van der Waals surface area contributed by atoms with Crippen molar-refractivity contribution >= 4 is 11.9 Å². The highest BCUT2D eigenvalue weighted by atomic mass is 16.5. The molecule has 1 aromatic rings. The Kier molecular flexibility index (Phi) is 3.14. The van der Waals surface area contributed by atoms with E-state index in [1.54, 1.807) is 6.92 Å². The summed E-state index contributed by atoms with van der Waals surface area (Å²) in [5.41, 5.74) is -1.41.